The van der Waals surface area contributed by atoms with Crippen molar-refractivity contribution < 1.29 is 13.2 Å². The summed E-state index contributed by atoms with van der Waals surface area (Å²) in [6, 6.07) is 7.80. The molecular weight excluding hydrogens is 316 g/mol. The molecule has 1 unspecified atom stereocenters. The molecule has 0 aliphatic heterocycles. The van der Waals surface area contributed by atoms with Crippen molar-refractivity contribution >= 4 is 15.7 Å². The largest absolute Gasteiger partial charge is 0.348 e. The van der Waals surface area contributed by atoms with Crippen molar-refractivity contribution in [2.24, 2.45) is 7.05 Å². The number of hydrogen-bond donors (Lipinski definition) is 1. The standard InChI is InChI=1S/C15H18N4O3S/c1-19-10-16-18-15(19)23(21,22)9-14(20)17-13-8-4-6-11-5-2-3-7-12(11)13/h2-3,5,7,10,13H,4,6,8-9H2,1H3,(H,17,20). The van der Waals surface area contributed by atoms with Crippen molar-refractivity contribution in [2.45, 2.75) is 30.5 Å². The number of nitrogens with one attached hydrogen (secondary N) is 1. The molecule has 1 aliphatic carbocycles. The molecule has 2 aromatic rings. The van der Waals surface area contributed by atoms with Gasteiger partial charge in [0.1, 0.15) is 12.1 Å². The maximum absolute atomic E-state index is 12.2. The molecule has 1 aromatic carbocycles. The molecule has 1 aromatic heterocycles. The highest BCUT2D eigenvalue weighted by molar-refractivity contribution is 7.91. The number of nitrogens with zero attached hydrogens (tertiary/aromatic N) is 3. The summed E-state index contributed by atoms with van der Waals surface area (Å²) in [5, 5.41) is 9.75. The Hall–Kier alpha value is -2.22. The van der Waals surface area contributed by atoms with E-state index >= 15 is 0 Å². The summed E-state index contributed by atoms with van der Waals surface area (Å²) in [7, 11) is -2.27. The third kappa shape index (κ3) is 3.26. The van der Waals surface area contributed by atoms with Crippen LogP contribution in [-0.2, 0) is 28.1 Å². The van der Waals surface area contributed by atoms with Gasteiger partial charge in [-0.1, -0.05) is 24.3 Å². The van der Waals surface area contributed by atoms with Gasteiger partial charge in [-0.05, 0) is 30.4 Å². The molecule has 0 radical (unpaired) electrons. The number of benzene rings is 1. The van der Waals surface area contributed by atoms with Gasteiger partial charge in [-0.25, -0.2) is 8.42 Å². The molecule has 0 spiro atoms. The lowest BCUT2D eigenvalue weighted by molar-refractivity contribution is -0.119. The van der Waals surface area contributed by atoms with Gasteiger partial charge in [-0.3, -0.25) is 4.79 Å². The maximum Gasteiger partial charge on any atom is 0.249 e. The van der Waals surface area contributed by atoms with E-state index in [4.69, 9.17) is 0 Å². The van der Waals surface area contributed by atoms with Gasteiger partial charge in [0.05, 0.1) is 6.04 Å². The van der Waals surface area contributed by atoms with E-state index in [0.717, 1.165) is 24.8 Å². The van der Waals surface area contributed by atoms with E-state index < -0.39 is 21.5 Å². The topological polar surface area (TPSA) is 93.9 Å². The zero-order valence-electron chi connectivity index (χ0n) is 12.8. The summed E-state index contributed by atoms with van der Waals surface area (Å²) in [6.07, 6.45) is 4.06. The predicted octanol–water partition coefficient (Wildman–Crippen LogP) is 0.783. The number of rotatable bonds is 4. The summed E-state index contributed by atoms with van der Waals surface area (Å²) in [6.45, 7) is 0. The third-order valence-corrected chi connectivity index (χ3v) is 5.54. The number of fused-ring (bicyclic) bond motifs is 1. The second-order valence-electron chi connectivity index (χ2n) is 5.69. The lowest BCUT2D eigenvalue weighted by Gasteiger charge is -2.26. The highest BCUT2D eigenvalue weighted by Gasteiger charge is 2.27. The van der Waals surface area contributed by atoms with E-state index in [9.17, 15) is 13.2 Å². The normalized spacial score (nSPS) is 17.5. The van der Waals surface area contributed by atoms with Crippen LogP contribution in [-0.4, -0.2) is 34.8 Å². The summed E-state index contributed by atoms with van der Waals surface area (Å²) < 4.78 is 25.7. The van der Waals surface area contributed by atoms with E-state index in [2.05, 4.69) is 15.5 Å². The second-order valence-corrected chi connectivity index (χ2v) is 7.58. The van der Waals surface area contributed by atoms with E-state index in [1.54, 1.807) is 0 Å². The van der Waals surface area contributed by atoms with Crippen LogP contribution in [0.4, 0.5) is 0 Å². The zero-order chi connectivity index (χ0) is 16.4. The summed E-state index contributed by atoms with van der Waals surface area (Å²) in [5.74, 6) is -1.15. The SMILES string of the molecule is Cn1cnnc1S(=O)(=O)CC(=O)NC1CCCc2ccccc21. The van der Waals surface area contributed by atoms with Crippen LogP contribution in [0.25, 0.3) is 0 Å². The first-order valence-corrected chi connectivity index (χ1v) is 9.06. The average Bonchev–Trinajstić information content (AvgIpc) is 2.94. The molecule has 1 heterocycles. The summed E-state index contributed by atoms with van der Waals surface area (Å²) in [4.78, 5) is 12.2. The molecule has 1 N–H and O–H groups in total. The highest BCUT2D eigenvalue weighted by Crippen LogP contribution is 2.29. The third-order valence-electron chi connectivity index (χ3n) is 3.97. The Morgan fingerprint density at radius 1 is 1.39 bits per heavy atom. The molecule has 3 rings (SSSR count). The fourth-order valence-electron chi connectivity index (χ4n) is 2.93. The van der Waals surface area contributed by atoms with Gasteiger partial charge in [0.25, 0.3) is 0 Å². The van der Waals surface area contributed by atoms with Gasteiger partial charge in [0.2, 0.25) is 20.9 Å². The van der Waals surface area contributed by atoms with Crippen LogP contribution in [0.1, 0.15) is 30.0 Å². The first-order chi connectivity index (χ1) is 11.0. The molecule has 8 heteroatoms. The van der Waals surface area contributed by atoms with E-state index in [0.29, 0.717) is 0 Å². The molecular formula is C15H18N4O3S. The Labute approximate surface area is 134 Å². The predicted molar refractivity (Wildman–Crippen MR) is 83.3 cm³/mol. The number of carbonyl (C=O) groups is 1. The first kappa shape index (κ1) is 15.7. The molecule has 0 bridgehead atoms. The number of hydrogen-bond acceptors (Lipinski definition) is 5. The maximum atomic E-state index is 12.2. The Balaban J connectivity index is 1.73. The fourth-order valence-corrected chi connectivity index (χ4v) is 4.15. The van der Waals surface area contributed by atoms with Gasteiger partial charge < -0.3 is 9.88 Å². The van der Waals surface area contributed by atoms with Crippen molar-refractivity contribution in [3.05, 3.63) is 41.7 Å². The molecule has 7 nitrogen and oxygen atoms in total. The zero-order valence-corrected chi connectivity index (χ0v) is 13.6. The smallest absolute Gasteiger partial charge is 0.249 e. The minimum Gasteiger partial charge on any atom is -0.348 e. The lowest BCUT2D eigenvalue weighted by Crippen LogP contribution is -2.35. The van der Waals surface area contributed by atoms with Gasteiger partial charge in [0, 0.05) is 7.05 Å². The molecule has 0 saturated carbocycles. The van der Waals surface area contributed by atoms with Crippen LogP contribution in [0.2, 0.25) is 0 Å². The Morgan fingerprint density at radius 3 is 2.91 bits per heavy atom. The van der Waals surface area contributed by atoms with Crippen LogP contribution >= 0.6 is 0 Å². The summed E-state index contributed by atoms with van der Waals surface area (Å²) in [5.41, 5.74) is 2.28. The molecule has 122 valence electrons. The number of carbonyl (C=O) groups excluding carboxylic acids is 1. The van der Waals surface area contributed by atoms with E-state index in [1.165, 1.54) is 23.5 Å². The number of sulfone groups is 1. The van der Waals surface area contributed by atoms with Crippen molar-refractivity contribution in [3.63, 3.8) is 0 Å². The van der Waals surface area contributed by atoms with Crippen LogP contribution < -0.4 is 5.32 Å². The lowest BCUT2D eigenvalue weighted by atomic mass is 9.88. The van der Waals surface area contributed by atoms with Gasteiger partial charge >= 0.3 is 0 Å². The van der Waals surface area contributed by atoms with Crippen molar-refractivity contribution in [1.82, 2.24) is 20.1 Å². The monoisotopic (exact) mass is 334 g/mol. The van der Waals surface area contributed by atoms with E-state index in [-0.39, 0.29) is 11.2 Å². The van der Waals surface area contributed by atoms with Crippen LogP contribution in [0, 0.1) is 0 Å². The molecule has 23 heavy (non-hydrogen) atoms. The average molecular weight is 334 g/mol. The molecule has 0 fully saturated rings. The number of aryl methyl sites for hydroxylation is 2. The first-order valence-electron chi connectivity index (χ1n) is 7.41. The van der Waals surface area contributed by atoms with Crippen molar-refractivity contribution in [2.75, 3.05) is 5.75 Å². The van der Waals surface area contributed by atoms with Crippen LogP contribution in [0.5, 0.6) is 0 Å². The summed E-state index contributed by atoms with van der Waals surface area (Å²) >= 11 is 0. The fraction of sp³-hybridized carbons (Fsp3) is 0.400. The van der Waals surface area contributed by atoms with Crippen LogP contribution in [0.3, 0.4) is 0 Å². The Bertz CT molecular complexity index is 829. The van der Waals surface area contributed by atoms with Crippen molar-refractivity contribution in [3.8, 4) is 0 Å². The van der Waals surface area contributed by atoms with Gasteiger partial charge in [-0.2, -0.15) is 0 Å². The van der Waals surface area contributed by atoms with Gasteiger partial charge in [0.15, 0.2) is 0 Å². The number of amides is 1. The van der Waals surface area contributed by atoms with Gasteiger partial charge in [-0.15, -0.1) is 10.2 Å². The minimum absolute atomic E-state index is 0.137. The van der Waals surface area contributed by atoms with E-state index in [1.807, 2.05) is 24.3 Å². The molecule has 1 aliphatic rings. The molecule has 1 atom stereocenters. The van der Waals surface area contributed by atoms with Crippen molar-refractivity contribution in [1.29, 1.82) is 0 Å². The second kappa shape index (κ2) is 6.11. The molecule has 0 saturated heterocycles. The Morgan fingerprint density at radius 2 is 2.17 bits per heavy atom. The van der Waals surface area contributed by atoms with Crippen LogP contribution in [0.15, 0.2) is 35.7 Å². The minimum atomic E-state index is -3.80. The quantitative estimate of drug-likeness (QED) is 0.892. The number of aromatic nitrogens is 3. The highest BCUT2D eigenvalue weighted by atomic mass is 32.2. The molecule has 1 amide bonds. The Kier molecular flexibility index (Phi) is 4.16.